The van der Waals surface area contributed by atoms with Gasteiger partial charge in [0.1, 0.15) is 0 Å². The van der Waals surface area contributed by atoms with Gasteiger partial charge in [-0.05, 0) is 31.6 Å². The quantitative estimate of drug-likeness (QED) is 0.166. The molecule has 0 aromatic rings. The van der Waals surface area contributed by atoms with E-state index < -0.39 is 8.32 Å². The van der Waals surface area contributed by atoms with Gasteiger partial charge in [-0.15, -0.1) is 0 Å². The number of hydrogen-bond donors (Lipinski definition) is 0. The molecule has 0 aliphatic heterocycles. The molecule has 0 aliphatic rings. The molecule has 0 aromatic carbocycles. The van der Waals surface area contributed by atoms with E-state index in [9.17, 15) is 0 Å². The van der Waals surface area contributed by atoms with E-state index in [1.165, 1.54) is 38.5 Å². The smallest absolute Gasteiger partial charge is 0.184 e. The second-order valence-corrected chi connectivity index (χ2v) is 10.3. The topological polar surface area (TPSA) is 58.0 Å². The first-order valence-electron chi connectivity index (χ1n) is 7.18. The highest BCUT2D eigenvalue weighted by atomic mass is 28.4. The van der Waals surface area contributed by atoms with Gasteiger partial charge in [0.25, 0.3) is 0 Å². The first kappa shape index (κ1) is 17.5. The van der Waals surface area contributed by atoms with Crippen molar-refractivity contribution < 1.29 is 4.43 Å². The lowest BCUT2D eigenvalue weighted by Crippen LogP contribution is -2.33. The van der Waals surface area contributed by atoms with Crippen molar-refractivity contribution in [3.05, 3.63) is 10.4 Å². The molecule has 4 nitrogen and oxygen atoms in total. The van der Waals surface area contributed by atoms with Crippen molar-refractivity contribution in [3.63, 3.8) is 0 Å². The van der Waals surface area contributed by atoms with Crippen molar-refractivity contribution >= 4 is 8.32 Å². The van der Waals surface area contributed by atoms with Crippen LogP contribution < -0.4 is 0 Å². The van der Waals surface area contributed by atoms with Crippen molar-refractivity contribution in [1.29, 1.82) is 0 Å². The van der Waals surface area contributed by atoms with Gasteiger partial charge in [-0.1, -0.05) is 50.6 Å². The monoisotopic (exact) mass is 271 g/mol. The number of hydrogen-bond acceptors (Lipinski definition) is 2. The Hall–Kier alpha value is -0.513. The molecule has 1 unspecified atom stereocenters. The van der Waals surface area contributed by atoms with Crippen molar-refractivity contribution in [2.45, 2.75) is 77.6 Å². The Morgan fingerprint density at radius 1 is 1.11 bits per heavy atom. The van der Waals surface area contributed by atoms with Gasteiger partial charge in [0.05, 0.1) is 12.6 Å². The van der Waals surface area contributed by atoms with Crippen molar-refractivity contribution in [2.75, 3.05) is 6.54 Å². The molecule has 0 fully saturated rings. The summed E-state index contributed by atoms with van der Waals surface area (Å²) < 4.78 is 6.04. The van der Waals surface area contributed by atoms with E-state index in [0.29, 0.717) is 6.54 Å². The Labute approximate surface area is 113 Å². The maximum Gasteiger partial charge on any atom is 0.184 e. The fourth-order valence-corrected chi connectivity index (χ4v) is 3.16. The summed E-state index contributed by atoms with van der Waals surface area (Å²) >= 11 is 0. The third-order valence-electron chi connectivity index (χ3n) is 2.75. The fourth-order valence-electron chi connectivity index (χ4n) is 1.97. The van der Waals surface area contributed by atoms with E-state index in [2.05, 4.69) is 36.6 Å². The van der Waals surface area contributed by atoms with Crippen molar-refractivity contribution in [1.82, 2.24) is 0 Å². The second kappa shape index (κ2) is 10.4. The molecule has 18 heavy (non-hydrogen) atoms. The summed E-state index contributed by atoms with van der Waals surface area (Å²) in [5.74, 6) is 0. The van der Waals surface area contributed by atoms with Gasteiger partial charge >= 0.3 is 0 Å². The van der Waals surface area contributed by atoms with Gasteiger partial charge < -0.3 is 4.43 Å². The summed E-state index contributed by atoms with van der Waals surface area (Å²) in [5, 5.41) is 3.66. The third-order valence-corrected chi connectivity index (χ3v) is 3.79. The predicted molar refractivity (Wildman–Crippen MR) is 80.2 cm³/mol. The van der Waals surface area contributed by atoms with Gasteiger partial charge in [0.2, 0.25) is 0 Å². The van der Waals surface area contributed by atoms with Crippen LogP contribution in [0.25, 0.3) is 10.4 Å². The molecule has 0 spiro atoms. The Morgan fingerprint density at radius 2 is 1.72 bits per heavy atom. The molecule has 5 heteroatoms. The minimum absolute atomic E-state index is 0.124. The summed E-state index contributed by atoms with van der Waals surface area (Å²) in [7, 11) is -1.53. The molecule has 0 aliphatic carbocycles. The highest BCUT2D eigenvalue weighted by molar-refractivity contribution is 6.69. The van der Waals surface area contributed by atoms with Crippen LogP contribution in [0.1, 0.15) is 51.9 Å². The van der Waals surface area contributed by atoms with Gasteiger partial charge in [0.15, 0.2) is 8.32 Å². The molecule has 0 rings (SSSR count). The van der Waals surface area contributed by atoms with Crippen LogP contribution in [-0.2, 0) is 4.43 Å². The zero-order valence-electron chi connectivity index (χ0n) is 12.5. The van der Waals surface area contributed by atoms with Gasteiger partial charge in [-0.2, -0.15) is 0 Å². The van der Waals surface area contributed by atoms with Crippen LogP contribution in [0.2, 0.25) is 19.6 Å². The first-order chi connectivity index (χ1) is 8.49. The summed E-state index contributed by atoms with van der Waals surface area (Å²) in [6, 6.07) is 0. The Balaban J connectivity index is 3.83. The lowest BCUT2D eigenvalue weighted by atomic mass is 10.1. The highest BCUT2D eigenvalue weighted by Crippen LogP contribution is 2.15. The molecule has 0 heterocycles. The van der Waals surface area contributed by atoms with Crippen LogP contribution in [0.5, 0.6) is 0 Å². The van der Waals surface area contributed by atoms with Crippen LogP contribution in [0.3, 0.4) is 0 Å². The predicted octanol–water partition coefficient (Wildman–Crippen LogP) is 5.27. The van der Waals surface area contributed by atoms with Crippen LogP contribution in [0, 0.1) is 0 Å². The van der Waals surface area contributed by atoms with E-state index >= 15 is 0 Å². The molecule has 106 valence electrons. The van der Waals surface area contributed by atoms with Crippen LogP contribution in [0.4, 0.5) is 0 Å². The van der Waals surface area contributed by atoms with Crippen LogP contribution in [-0.4, -0.2) is 21.0 Å². The van der Waals surface area contributed by atoms with E-state index in [0.717, 1.165) is 6.42 Å². The normalized spacial score (nSPS) is 13.1. The van der Waals surface area contributed by atoms with E-state index in [-0.39, 0.29) is 6.10 Å². The number of nitrogens with zero attached hydrogens (tertiary/aromatic N) is 3. The number of rotatable bonds is 11. The van der Waals surface area contributed by atoms with Gasteiger partial charge in [0, 0.05) is 4.91 Å². The average Bonchev–Trinajstić information content (AvgIpc) is 2.28. The summed E-state index contributed by atoms with van der Waals surface area (Å²) in [6.07, 6.45) is 8.88. The maximum absolute atomic E-state index is 8.40. The number of azide groups is 1. The molecule has 0 saturated carbocycles. The zero-order valence-corrected chi connectivity index (χ0v) is 13.5. The van der Waals surface area contributed by atoms with Crippen molar-refractivity contribution in [3.8, 4) is 0 Å². The lowest BCUT2D eigenvalue weighted by Gasteiger charge is -2.25. The third kappa shape index (κ3) is 12.0. The van der Waals surface area contributed by atoms with Gasteiger partial charge in [-0.3, -0.25) is 0 Å². The second-order valence-electron chi connectivity index (χ2n) is 5.82. The molecule has 0 amide bonds. The first-order valence-corrected chi connectivity index (χ1v) is 10.6. The Kier molecular flexibility index (Phi) is 10.1. The highest BCUT2D eigenvalue weighted by Gasteiger charge is 2.20. The fraction of sp³-hybridized carbons (Fsp3) is 1.00. The van der Waals surface area contributed by atoms with Crippen LogP contribution >= 0.6 is 0 Å². The van der Waals surface area contributed by atoms with E-state index in [1.54, 1.807) is 0 Å². The van der Waals surface area contributed by atoms with E-state index in [1.807, 2.05) is 0 Å². The molecule has 0 radical (unpaired) electrons. The SMILES string of the molecule is CCCCCCCCC(CN=[N+]=[N-])O[Si](C)(C)C. The standard InChI is InChI=1S/C13H29N3OSi/c1-5-6-7-8-9-10-11-13(12-15-16-14)17-18(2,3)4/h13H,5-12H2,1-4H3. The zero-order chi connectivity index (χ0) is 13.9. The van der Waals surface area contributed by atoms with Crippen LogP contribution in [0.15, 0.2) is 5.11 Å². The van der Waals surface area contributed by atoms with Gasteiger partial charge in [-0.25, -0.2) is 0 Å². The Morgan fingerprint density at radius 3 is 2.28 bits per heavy atom. The molecule has 0 aromatic heterocycles. The Bertz CT molecular complexity index is 247. The summed E-state index contributed by atoms with van der Waals surface area (Å²) in [4.78, 5) is 2.83. The summed E-state index contributed by atoms with van der Waals surface area (Å²) in [6.45, 7) is 9.25. The average molecular weight is 271 g/mol. The number of unbranched alkanes of at least 4 members (excludes halogenated alkanes) is 5. The molecule has 1 atom stereocenters. The maximum atomic E-state index is 8.40. The lowest BCUT2D eigenvalue weighted by molar-refractivity contribution is 0.187. The van der Waals surface area contributed by atoms with E-state index in [4.69, 9.17) is 9.96 Å². The molecule has 0 N–H and O–H groups in total. The largest absolute Gasteiger partial charge is 0.415 e. The minimum Gasteiger partial charge on any atom is -0.415 e. The molecule has 0 saturated heterocycles. The summed E-state index contributed by atoms with van der Waals surface area (Å²) in [5.41, 5.74) is 8.40. The minimum atomic E-state index is -1.53. The molecule has 0 bridgehead atoms. The molecular weight excluding hydrogens is 242 g/mol. The van der Waals surface area contributed by atoms with Crippen molar-refractivity contribution in [2.24, 2.45) is 5.11 Å². The molecular formula is C13H29N3OSi.